The Hall–Kier alpha value is -0.800. The van der Waals surface area contributed by atoms with Crippen molar-refractivity contribution in [2.24, 2.45) is 0 Å². The quantitative estimate of drug-likeness (QED) is 0.549. The molecule has 0 unspecified atom stereocenters. The zero-order chi connectivity index (χ0) is 13.8. The maximum absolute atomic E-state index is 5.97. The molecule has 0 radical (unpaired) electrons. The van der Waals surface area contributed by atoms with E-state index in [0.717, 1.165) is 51.8 Å². The number of hydrogen-bond donors (Lipinski definition) is 0. The van der Waals surface area contributed by atoms with Gasteiger partial charge < -0.3 is 4.74 Å². The second-order valence-electron chi connectivity index (χ2n) is 4.51. The molecule has 2 rings (SSSR count). The molecule has 0 aliphatic rings. The van der Waals surface area contributed by atoms with E-state index >= 15 is 0 Å². The number of aromatic nitrogens is 1. The SMILES string of the molecule is CCCCOc1c(C)c(CCl)nc2ccc(Br)cc12. The minimum absolute atomic E-state index is 0.405. The number of hydrogen-bond acceptors (Lipinski definition) is 2. The third-order valence-electron chi connectivity index (χ3n) is 3.10. The summed E-state index contributed by atoms with van der Waals surface area (Å²) in [5.74, 6) is 1.32. The van der Waals surface area contributed by atoms with Crippen molar-refractivity contribution in [3.8, 4) is 5.75 Å². The molecule has 0 N–H and O–H groups in total. The lowest BCUT2D eigenvalue weighted by Crippen LogP contribution is -2.02. The van der Waals surface area contributed by atoms with Crippen molar-refractivity contribution in [1.82, 2.24) is 4.98 Å². The molecule has 0 aliphatic carbocycles. The average molecular weight is 343 g/mol. The number of fused-ring (bicyclic) bond motifs is 1. The highest BCUT2D eigenvalue weighted by molar-refractivity contribution is 9.10. The smallest absolute Gasteiger partial charge is 0.133 e. The van der Waals surface area contributed by atoms with Crippen molar-refractivity contribution >= 4 is 38.4 Å². The van der Waals surface area contributed by atoms with Gasteiger partial charge in [0.05, 0.1) is 23.7 Å². The molecule has 0 bridgehead atoms. The highest BCUT2D eigenvalue weighted by Crippen LogP contribution is 2.33. The minimum atomic E-state index is 0.405. The molecule has 0 saturated heterocycles. The molecular weight excluding hydrogens is 326 g/mol. The van der Waals surface area contributed by atoms with Gasteiger partial charge in [-0.2, -0.15) is 0 Å². The number of unbranched alkanes of at least 4 members (excludes halogenated alkanes) is 1. The van der Waals surface area contributed by atoms with Gasteiger partial charge in [0, 0.05) is 15.4 Å². The molecule has 1 aromatic carbocycles. The second kappa shape index (κ2) is 6.58. The van der Waals surface area contributed by atoms with Crippen molar-refractivity contribution in [2.45, 2.75) is 32.6 Å². The van der Waals surface area contributed by atoms with Gasteiger partial charge in [0.1, 0.15) is 5.75 Å². The molecule has 0 atom stereocenters. The molecule has 19 heavy (non-hydrogen) atoms. The van der Waals surface area contributed by atoms with Crippen LogP contribution in [0.5, 0.6) is 5.75 Å². The molecule has 0 spiro atoms. The Morgan fingerprint density at radius 3 is 2.84 bits per heavy atom. The average Bonchev–Trinajstić information content (AvgIpc) is 2.41. The standard InChI is InChI=1S/C15H17BrClNO/c1-3-4-7-19-15-10(2)14(9-17)18-13-6-5-11(16)8-12(13)15/h5-6,8H,3-4,7,9H2,1-2H3. The summed E-state index contributed by atoms with van der Waals surface area (Å²) < 4.78 is 7.00. The number of halogens is 2. The van der Waals surface area contributed by atoms with Gasteiger partial charge in [-0.25, -0.2) is 0 Å². The Bertz CT molecular complexity index is 586. The van der Waals surface area contributed by atoms with Crippen LogP contribution in [0.15, 0.2) is 22.7 Å². The van der Waals surface area contributed by atoms with Gasteiger partial charge in [-0.3, -0.25) is 4.98 Å². The Labute approximate surface area is 127 Å². The third kappa shape index (κ3) is 3.21. The molecule has 1 aromatic heterocycles. The molecule has 1 heterocycles. The van der Waals surface area contributed by atoms with Crippen LogP contribution in [0.2, 0.25) is 0 Å². The summed E-state index contributed by atoms with van der Waals surface area (Å²) in [6, 6.07) is 6.02. The van der Waals surface area contributed by atoms with E-state index in [2.05, 4.69) is 33.9 Å². The first kappa shape index (κ1) is 14.6. The summed E-state index contributed by atoms with van der Waals surface area (Å²) in [5.41, 5.74) is 2.86. The molecule has 0 amide bonds. The van der Waals surface area contributed by atoms with E-state index in [1.54, 1.807) is 0 Å². The zero-order valence-electron chi connectivity index (χ0n) is 11.2. The van der Waals surface area contributed by atoms with E-state index in [-0.39, 0.29) is 0 Å². The second-order valence-corrected chi connectivity index (χ2v) is 5.69. The Morgan fingerprint density at radius 1 is 1.37 bits per heavy atom. The fraction of sp³-hybridized carbons (Fsp3) is 0.400. The van der Waals surface area contributed by atoms with Gasteiger partial charge in [-0.15, -0.1) is 11.6 Å². The predicted molar refractivity (Wildman–Crippen MR) is 84.1 cm³/mol. The number of pyridine rings is 1. The van der Waals surface area contributed by atoms with Gasteiger partial charge >= 0.3 is 0 Å². The van der Waals surface area contributed by atoms with Crippen LogP contribution >= 0.6 is 27.5 Å². The van der Waals surface area contributed by atoms with Crippen LogP contribution in [-0.4, -0.2) is 11.6 Å². The molecule has 0 fully saturated rings. The van der Waals surface area contributed by atoms with Crippen LogP contribution in [-0.2, 0) is 5.88 Å². The lowest BCUT2D eigenvalue weighted by Gasteiger charge is -2.14. The largest absolute Gasteiger partial charge is 0.493 e. The summed E-state index contributed by atoms with van der Waals surface area (Å²) in [5, 5.41) is 1.04. The van der Waals surface area contributed by atoms with Crippen LogP contribution < -0.4 is 4.74 Å². The van der Waals surface area contributed by atoms with Crippen LogP contribution in [0.3, 0.4) is 0 Å². The van der Waals surface area contributed by atoms with Gasteiger partial charge in [0.25, 0.3) is 0 Å². The summed E-state index contributed by atoms with van der Waals surface area (Å²) >= 11 is 9.47. The fourth-order valence-corrected chi connectivity index (χ4v) is 2.61. The molecule has 4 heteroatoms. The van der Waals surface area contributed by atoms with E-state index < -0.39 is 0 Å². The highest BCUT2D eigenvalue weighted by atomic mass is 79.9. The van der Waals surface area contributed by atoms with E-state index in [0.29, 0.717) is 5.88 Å². The van der Waals surface area contributed by atoms with Crippen molar-refractivity contribution in [3.63, 3.8) is 0 Å². The zero-order valence-corrected chi connectivity index (χ0v) is 13.5. The lowest BCUT2D eigenvalue weighted by molar-refractivity contribution is 0.310. The van der Waals surface area contributed by atoms with E-state index in [4.69, 9.17) is 16.3 Å². The predicted octanol–water partition coefficient (Wildman–Crippen LogP) is 5.22. The molecule has 0 aliphatic heterocycles. The van der Waals surface area contributed by atoms with Crippen LogP contribution in [0.1, 0.15) is 31.0 Å². The molecular formula is C15H17BrClNO. The number of ether oxygens (including phenoxy) is 1. The Kier molecular flexibility index (Phi) is 5.06. The molecule has 2 aromatic rings. The summed E-state index contributed by atoms with van der Waals surface area (Å²) in [7, 11) is 0. The first-order chi connectivity index (χ1) is 9.17. The fourth-order valence-electron chi connectivity index (χ4n) is 1.98. The highest BCUT2D eigenvalue weighted by Gasteiger charge is 2.12. The number of nitrogens with zero attached hydrogens (tertiary/aromatic N) is 1. The first-order valence-electron chi connectivity index (χ1n) is 6.44. The van der Waals surface area contributed by atoms with Gasteiger partial charge in [-0.1, -0.05) is 29.3 Å². The van der Waals surface area contributed by atoms with E-state index in [1.165, 1.54) is 0 Å². The van der Waals surface area contributed by atoms with E-state index in [1.807, 2.05) is 19.1 Å². The third-order valence-corrected chi connectivity index (χ3v) is 3.85. The summed E-state index contributed by atoms with van der Waals surface area (Å²) in [6.45, 7) is 4.90. The van der Waals surface area contributed by atoms with Crippen molar-refractivity contribution in [1.29, 1.82) is 0 Å². The van der Waals surface area contributed by atoms with Crippen molar-refractivity contribution in [3.05, 3.63) is 33.9 Å². The topological polar surface area (TPSA) is 22.1 Å². The van der Waals surface area contributed by atoms with Crippen LogP contribution in [0.4, 0.5) is 0 Å². The van der Waals surface area contributed by atoms with Crippen molar-refractivity contribution < 1.29 is 4.74 Å². The maximum Gasteiger partial charge on any atom is 0.133 e. The summed E-state index contributed by atoms with van der Waals surface area (Å²) in [4.78, 5) is 4.59. The maximum atomic E-state index is 5.97. The van der Waals surface area contributed by atoms with Gasteiger partial charge in [-0.05, 0) is 31.5 Å². The van der Waals surface area contributed by atoms with Crippen LogP contribution in [0.25, 0.3) is 10.9 Å². The Morgan fingerprint density at radius 2 is 2.16 bits per heavy atom. The first-order valence-corrected chi connectivity index (χ1v) is 7.77. The molecule has 2 nitrogen and oxygen atoms in total. The summed E-state index contributed by atoms with van der Waals surface area (Å²) in [6.07, 6.45) is 2.17. The van der Waals surface area contributed by atoms with Gasteiger partial charge in [0.2, 0.25) is 0 Å². The van der Waals surface area contributed by atoms with Gasteiger partial charge in [0.15, 0.2) is 0 Å². The van der Waals surface area contributed by atoms with Crippen molar-refractivity contribution in [2.75, 3.05) is 6.61 Å². The lowest BCUT2D eigenvalue weighted by atomic mass is 10.1. The number of alkyl halides is 1. The van der Waals surface area contributed by atoms with E-state index in [9.17, 15) is 0 Å². The minimum Gasteiger partial charge on any atom is -0.493 e. The number of benzene rings is 1. The monoisotopic (exact) mass is 341 g/mol. The van der Waals surface area contributed by atoms with Crippen LogP contribution in [0, 0.1) is 6.92 Å². The molecule has 102 valence electrons. The normalized spacial score (nSPS) is 10.9. The molecule has 0 saturated carbocycles. The number of rotatable bonds is 5. The Balaban J connectivity index is 2.54.